The molecule has 0 saturated heterocycles. The maximum absolute atomic E-state index is 13.5. The fourth-order valence-electron chi connectivity index (χ4n) is 2.01. The number of methoxy groups -OCH3 is 1. The monoisotopic (exact) mass is 342 g/mol. The summed E-state index contributed by atoms with van der Waals surface area (Å²) >= 11 is 3.07. The molecule has 2 aromatic carbocycles. The highest BCUT2D eigenvalue weighted by atomic mass is 79.9. The van der Waals surface area contributed by atoms with E-state index in [9.17, 15) is 13.9 Å². The zero-order valence-corrected chi connectivity index (χ0v) is 12.5. The molecule has 0 radical (unpaired) electrons. The molecule has 2 aromatic rings. The van der Waals surface area contributed by atoms with Crippen LogP contribution >= 0.6 is 15.9 Å². The molecule has 5 heteroatoms. The molecular weight excluding hydrogens is 330 g/mol. The number of halogens is 3. The second-order valence-corrected chi connectivity index (χ2v) is 5.27. The topological polar surface area (TPSA) is 29.5 Å². The minimum Gasteiger partial charge on any atom is -0.496 e. The van der Waals surface area contributed by atoms with Gasteiger partial charge in [-0.1, -0.05) is 6.07 Å². The summed E-state index contributed by atoms with van der Waals surface area (Å²) in [7, 11) is 1.39. The van der Waals surface area contributed by atoms with Gasteiger partial charge in [0.05, 0.1) is 11.6 Å². The smallest absolute Gasteiger partial charge is 0.141 e. The van der Waals surface area contributed by atoms with Gasteiger partial charge in [-0.05, 0) is 52.2 Å². The second-order valence-electron chi connectivity index (χ2n) is 4.41. The maximum Gasteiger partial charge on any atom is 0.141 e. The molecule has 1 atom stereocenters. The SMILES string of the molecule is COc1cc(F)c(Br)cc1C(O)c1cc(F)ccc1C. The normalized spacial score (nSPS) is 12.3. The second kappa shape index (κ2) is 5.89. The number of ether oxygens (including phenoxy) is 1. The van der Waals surface area contributed by atoms with E-state index in [0.717, 1.165) is 5.56 Å². The van der Waals surface area contributed by atoms with Crippen molar-refractivity contribution in [3.05, 3.63) is 63.1 Å². The zero-order valence-electron chi connectivity index (χ0n) is 11.0. The van der Waals surface area contributed by atoms with E-state index in [1.165, 1.54) is 31.4 Å². The molecule has 2 nitrogen and oxygen atoms in total. The number of benzene rings is 2. The highest BCUT2D eigenvalue weighted by Gasteiger charge is 2.20. The van der Waals surface area contributed by atoms with Crippen molar-refractivity contribution in [1.82, 2.24) is 0 Å². The van der Waals surface area contributed by atoms with Crippen molar-refractivity contribution in [2.24, 2.45) is 0 Å². The summed E-state index contributed by atoms with van der Waals surface area (Å²) in [5, 5.41) is 10.4. The Hall–Kier alpha value is -1.46. The van der Waals surface area contributed by atoms with Crippen LogP contribution in [0, 0.1) is 18.6 Å². The summed E-state index contributed by atoms with van der Waals surface area (Å²) in [5.74, 6) is -0.722. The lowest BCUT2D eigenvalue weighted by atomic mass is 9.96. The third-order valence-corrected chi connectivity index (χ3v) is 3.71. The Kier molecular flexibility index (Phi) is 4.40. The first kappa shape index (κ1) is 14.9. The van der Waals surface area contributed by atoms with Gasteiger partial charge in [0.15, 0.2) is 0 Å². The van der Waals surface area contributed by atoms with Crippen LogP contribution in [0.15, 0.2) is 34.8 Å². The molecule has 0 aromatic heterocycles. The van der Waals surface area contributed by atoms with E-state index < -0.39 is 17.7 Å². The van der Waals surface area contributed by atoms with Gasteiger partial charge in [0.2, 0.25) is 0 Å². The van der Waals surface area contributed by atoms with Crippen molar-refractivity contribution >= 4 is 15.9 Å². The number of hydrogen-bond donors (Lipinski definition) is 1. The Morgan fingerprint density at radius 3 is 2.50 bits per heavy atom. The molecule has 0 aliphatic rings. The molecule has 1 N–H and O–H groups in total. The number of hydrogen-bond acceptors (Lipinski definition) is 2. The Bertz CT molecular complexity index is 644. The van der Waals surface area contributed by atoms with Gasteiger partial charge in [0.1, 0.15) is 23.5 Å². The van der Waals surface area contributed by atoms with Crippen LogP contribution in [0.3, 0.4) is 0 Å². The van der Waals surface area contributed by atoms with E-state index in [4.69, 9.17) is 4.74 Å². The van der Waals surface area contributed by atoms with Crippen molar-refractivity contribution in [2.45, 2.75) is 13.0 Å². The molecule has 2 rings (SSSR count). The van der Waals surface area contributed by atoms with Gasteiger partial charge in [-0.3, -0.25) is 0 Å². The minimum absolute atomic E-state index is 0.210. The number of aliphatic hydroxyl groups excluding tert-OH is 1. The predicted molar refractivity (Wildman–Crippen MR) is 75.9 cm³/mol. The quantitative estimate of drug-likeness (QED) is 0.908. The van der Waals surface area contributed by atoms with Crippen LogP contribution in [-0.4, -0.2) is 12.2 Å². The van der Waals surface area contributed by atoms with Crippen molar-refractivity contribution < 1.29 is 18.6 Å². The van der Waals surface area contributed by atoms with Crippen LogP contribution in [-0.2, 0) is 0 Å². The summed E-state index contributed by atoms with van der Waals surface area (Å²) in [6.45, 7) is 1.77. The average Bonchev–Trinajstić information content (AvgIpc) is 2.43. The molecule has 1 unspecified atom stereocenters. The summed E-state index contributed by atoms with van der Waals surface area (Å²) in [5.41, 5.74) is 1.53. The summed E-state index contributed by atoms with van der Waals surface area (Å²) < 4.78 is 32.1. The maximum atomic E-state index is 13.5. The molecule has 0 heterocycles. The first-order valence-corrected chi connectivity index (χ1v) is 6.70. The van der Waals surface area contributed by atoms with Crippen LogP contribution < -0.4 is 4.74 Å². The van der Waals surface area contributed by atoms with Gasteiger partial charge in [0, 0.05) is 11.6 Å². The lowest BCUT2D eigenvalue weighted by Gasteiger charge is -2.18. The Morgan fingerprint density at radius 1 is 1.15 bits per heavy atom. The molecule has 0 aliphatic heterocycles. The fraction of sp³-hybridized carbons (Fsp3) is 0.200. The van der Waals surface area contributed by atoms with Crippen LogP contribution in [0.4, 0.5) is 8.78 Å². The first-order chi connectivity index (χ1) is 9.43. The molecule has 0 spiro atoms. The molecule has 0 bridgehead atoms. The van der Waals surface area contributed by atoms with Gasteiger partial charge in [-0.15, -0.1) is 0 Å². The van der Waals surface area contributed by atoms with Crippen molar-refractivity contribution in [3.8, 4) is 5.75 Å². The zero-order chi connectivity index (χ0) is 14.9. The number of aryl methyl sites for hydroxylation is 1. The van der Waals surface area contributed by atoms with Crippen LogP contribution in [0.5, 0.6) is 5.75 Å². The number of rotatable bonds is 3. The van der Waals surface area contributed by atoms with E-state index in [1.807, 2.05) is 0 Å². The lowest BCUT2D eigenvalue weighted by molar-refractivity contribution is 0.213. The van der Waals surface area contributed by atoms with Gasteiger partial charge in [0.25, 0.3) is 0 Å². The van der Waals surface area contributed by atoms with Crippen LogP contribution in [0.2, 0.25) is 0 Å². The highest BCUT2D eigenvalue weighted by Crippen LogP contribution is 2.35. The van der Waals surface area contributed by atoms with Gasteiger partial charge < -0.3 is 9.84 Å². The van der Waals surface area contributed by atoms with E-state index in [0.29, 0.717) is 11.1 Å². The van der Waals surface area contributed by atoms with Crippen LogP contribution in [0.25, 0.3) is 0 Å². The van der Waals surface area contributed by atoms with Gasteiger partial charge in [-0.2, -0.15) is 0 Å². The molecule has 0 amide bonds. The summed E-state index contributed by atoms with van der Waals surface area (Å²) in [6, 6.07) is 6.78. The van der Waals surface area contributed by atoms with E-state index in [-0.39, 0.29) is 10.2 Å². The minimum atomic E-state index is -1.10. The van der Waals surface area contributed by atoms with Crippen molar-refractivity contribution in [3.63, 3.8) is 0 Å². The Labute approximate surface area is 124 Å². The standard InChI is InChI=1S/C15H13BrF2O2/c1-8-3-4-9(17)5-10(8)15(19)11-6-12(16)13(18)7-14(11)20-2/h3-7,15,19H,1-2H3. The summed E-state index contributed by atoms with van der Waals surface area (Å²) in [6.07, 6.45) is -1.10. The van der Waals surface area contributed by atoms with Crippen molar-refractivity contribution in [1.29, 1.82) is 0 Å². The molecule has 0 saturated carbocycles. The Balaban J connectivity index is 2.55. The highest BCUT2D eigenvalue weighted by molar-refractivity contribution is 9.10. The average molecular weight is 343 g/mol. The molecule has 0 aliphatic carbocycles. The Morgan fingerprint density at radius 2 is 1.85 bits per heavy atom. The predicted octanol–water partition coefficient (Wildman–Crippen LogP) is 4.13. The molecule has 106 valence electrons. The molecule has 20 heavy (non-hydrogen) atoms. The molecule has 0 fully saturated rings. The third-order valence-electron chi connectivity index (χ3n) is 3.10. The number of aliphatic hydroxyl groups is 1. The van der Waals surface area contributed by atoms with Gasteiger partial charge in [-0.25, -0.2) is 8.78 Å². The van der Waals surface area contributed by atoms with Crippen LogP contribution in [0.1, 0.15) is 22.8 Å². The largest absolute Gasteiger partial charge is 0.496 e. The van der Waals surface area contributed by atoms with Gasteiger partial charge >= 0.3 is 0 Å². The van der Waals surface area contributed by atoms with Crippen molar-refractivity contribution in [2.75, 3.05) is 7.11 Å². The summed E-state index contributed by atoms with van der Waals surface area (Å²) in [4.78, 5) is 0. The first-order valence-electron chi connectivity index (χ1n) is 5.91. The van der Waals surface area contributed by atoms with E-state index >= 15 is 0 Å². The third kappa shape index (κ3) is 2.83. The van der Waals surface area contributed by atoms with E-state index in [2.05, 4.69) is 15.9 Å². The fourth-order valence-corrected chi connectivity index (χ4v) is 2.37. The molecular formula is C15H13BrF2O2. The van der Waals surface area contributed by atoms with E-state index in [1.54, 1.807) is 13.0 Å². The lowest BCUT2D eigenvalue weighted by Crippen LogP contribution is -2.05.